The van der Waals surface area contributed by atoms with E-state index in [4.69, 9.17) is 0 Å². The Morgan fingerprint density at radius 2 is 1.86 bits per heavy atom. The molecule has 0 spiro atoms. The molecule has 2 heterocycles. The summed E-state index contributed by atoms with van der Waals surface area (Å²) in [4.78, 5) is 29.4. The van der Waals surface area contributed by atoms with Crippen LogP contribution in [0.1, 0.15) is 11.1 Å². The van der Waals surface area contributed by atoms with E-state index in [9.17, 15) is 14.0 Å². The van der Waals surface area contributed by atoms with Crippen molar-refractivity contribution < 1.29 is 9.18 Å². The average molecular weight is 387 g/mol. The zero-order valence-electron chi connectivity index (χ0n) is 15.5. The van der Waals surface area contributed by atoms with E-state index in [0.29, 0.717) is 28.6 Å². The molecule has 5 nitrogen and oxygen atoms in total. The number of halogens is 1. The summed E-state index contributed by atoms with van der Waals surface area (Å²) >= 11 is 0. The lowest BCUT2D eigenvalue weighted by atomic mass is 10.1. The predicted molar refractivity (Wildman–Crippen MR) is 110 cm³/mol. The summed E-state index contributed by atoms with van der Waals surface area (Å²) in [6, 6.07) is 16.9. The van der Waals surface area contributed by atoms with Crippen LogP contribution in [0.4, 0.5) is 10.1 Å². The van der Waals surface area contributed by atoms with E-state index >= 15 is 0 Å². The van der Waals surface area contributed by atoms with Gasteiger partial charge in [0.2, 0.25) is 5.91 Å². The first-order chi connectivity index (χ1) is 14.1. The molecule has 144 valence electrons. The van der Waals surface area contributed by atoms with Gasteiger partial charge in [-0.25, -0.2) is 4.39 Å². The molecule has 6 heteroatoms. The third-order valence-corrected chi connectivity index (χ3v) is 4.68. The van der Waals surface area contributed by atoms with Crippen LogP contribution in [0.5, 0.6) is 0 Å². The molecule has 4 rings (SSSR count). The Balaban J connectivity index is 1.61. The highest BCUT2D eigenvalue weighted by molar-refractivity contribution is 6.02. The molecule has 0 saturated heterocycles. The van der Waals surface area contributed by atoms with Gasteiger partial charge in [-0.1, -0.05) is 30.3 Å². The van der Waals surface area contributed by atoms with E-state index in [0.717, 1.165) is 5.56 Å². The highest BCUT2D eigenvalue weighted by atomic mass is 19.1. The summed E-state index contributed by atoms with van der Waals surface area (Å²) in [5.41, 5.74) is 1.61. The van der Waals surface area contributed by atoms with Crippen molar-refractivity contribution in [1.29, 1.82) is 0 Å². The van der Waals surface area contributed by atoms with Gasteiger partial charge in [0.1, 0.15) is 5.82 Å². The number of carbonyl (C=O) groups is 1. The number of aromatic nitrogens is 2. The molecule has 2 aromatic heterocycles. The predicted octanol–water partition coefficient (Wildman–Crippen LogP) is 3.77. The van der Waals surface area contributed by atoms with Crippen molar-refractivity contribution in [2.24, 2.45) is 0 Å². The first kappa shape index (κ1) is 18.6. The third-order valence-electron chi connectivity index (χ3n) is 4.68. The van der Waals surface area contributed by atoms with Crippen molar-refractivity contribution in [3.05, 3.63) is 107 Å². The maximum Gasteiger partial charge on any atom is 0.258 e. The minimum Gasteiger partial charge on any atom is -0.325 e. The number of nitrogens with one attached hydrogen (secondary N) is 1. The van der Waals surface area contributed by atoms with Gasteiger partial charge in [0.05, 0.1) is 13.0 Å². The van der Waals surface area contributed by atoms with Gasteiger partial charge in [-0.15, -0.1) is 0 Å². The molecule has 0 aliphatic rings. The molecule has 0 radical (unpaired) electrons. The Morgan fingerprint density at radius 3 is 2.66 bits per heavy atom. The van der Waals surface area contributed by atoms with Gasteiger partial charge in [0, 0.05) is 35.1 Å². The largest absolute Gasteiger partial charge is 0.325 e. The highest BCUT2D eigenvalue weighted by Crippen LogP contribution is 2.21. The van der Waals surface area contributed by atoms with Gasteiger partial charge in [0.25, 0.3) is 5.56 Å². The van der Waals surface area contributed by atoms with E-state index in [1.165, 1.54) is 6.07 Å². The van der Waals surface area contributed by atoms with Gasteiger partial charge in [-0.05, 0) is 41.5 Å². The van der Waals surface area contributed by atoms with Gasteiger partial charge < -0.3 is 9.88 Å². The molecule has 0 aliphatic heterocycles. The van der Waals surface area contributed by atoms with Crippen LogP contribution in [-0.2, 0) is 17.8 Å². The fourth-order valence-electron chi connectivity index (χ4n) is 3.25. The van der Waals surface area contributed by atoms with E-state index in [1.54, 1.807) is 65.6 Å². The minimum absolute atomic E-state index is 0.0822. The lowest BCUT2D eigenvalue weighted by Crippen LogP contribution is -2.21. The highest BCUT2D eigenvalue weighted by Gasteiger charge is 2.11. The molecular formula is C23H18FN3O2. The number of anilines is 1. The maximum atomic E-state index is 13.8. The lowest BCUT2D eigenvalue weighted by Gasteiger charge is -2.11. The molecule has 29 heavy (non-hydrogen) atoms. The van der Waals surface area contributed by atoms with Crippen LogP contribution in [0.15, 0.2) is 84.0 Å². The van der Waals surface area contributed by atoms with Gasteiger partial charge in [0.15, 0.2) is 0 Å². The van der Waals surface area contributed by atoms with Crippen molar-refractivity contribution in [2.75, 3.05) is 5.32 Å². The molecule has 0 bridgehead atoms. The lowest BCUT2D eigenvalue weighted by molar-refractivity contribution is -0.115. The van der Waals surface area contributed by atoms with Crippen molar-refractivity contribution in [2.45, 2.75) is 13.0 Å². The quantitative estimate of drug-likeness (QED) is 0.567. The summed E-state index contributed by atoms with van der Waals surface area (Å²) in [5, 5.41) is 3.93. The molecule has 0 saturated carbocycles. The SMILES string of the molecule is O=C(Cc1ccccc1F)Nc1cccc2c(=O)n(Cc3cccnc3)ccc12. The van der Waals surface area contributed by atoms with Crippen LogP contribution < -0.4 is 10.9 Å². The minimum atomic E-state index is -0.418. The Bertz CT molecular complexity index is 1240. The number of amides is 1. The summed E-state index contributed by atoms with van der Waals surface area (Å²) in [7, 11) is 0. The summed E-state index contributed by atoms with van der Waals surface area (Å²) in [6.07, 6.45) is 5.02. The second-order valence-electron chi connectivity index (χ2n) is 6.69. The van der Waals surface area contributed by atoms with Crippen LogP contribution in [0.2, 0.25) is 0 Å². The Labute approximate surface area is 166 Å². The summed E-state index contributed by atoms with van der Waals surface area (Å²) in [5.74, 6) is -0.763. The van der Waals surface area contributed by atoms with Crippen molar-refractivity contribution >= 4 is 22.4 Å². The molecule has 0 atom stereocenters. The van der Waals surface area contributed by atoms with E-state index < -0.39 is 5.82 Å². The van der Waals surface area contributed by atoms with Crippen LogP contribution in [0.3, 0.4) is 0 Å². The normalized spacial score (nSPS) is 10.8. The molecule has 1 N–H and O–H groups in total. The molecule has 4 aromatic rings. The number of fused-ring (bicyclic) bond motifs is 1. The number of nitrogens with zero attached hydrogens (tertiary/aromatic N) is 2. The number of benzene rings is 2. The number of rotatable bonds is 5. The number of pyridine rings is 2. The summed E-state index contributed by atoms with van der Waals surface area (Å²) < 4.78 is 15.4. The fraction of sp³-hybridized carbons (Fsp3) is 0.0870. The molecule has 1 amide bonds. The molecule has 0 fully saturated rings. The number of carbonyl (C=O) groups excluding carboxylic acids is 1. The molecule has 2 aromatic carbocycles. The van der Waals surface area contributed by atoms with Crippen molar-refractivity contribution in [3.8, 4) is 0 Å². The maximum absolute atomic E-state index is 13.8. The van der Waals surface area contributed by atoms with E-state index in [2.05, 4.69) is 10.3 Å². The molecule has 0 aliphatic carbocycles. The summed E-state index contributed by atoms with van der Waals surface area (Å²) in [6.45, 7) is 0.409. The first-order valence-corrected chi connectivity index (χ1v) is 9.16. The van der Waals surface area contributed by atoms with Crippen LogP contribution >= 0.6 is 0 Å². The number of hydrogen-bond donors (Lipinski definition) is 1. The monoisotopic (exact) mass is 387 g/mol. The topological polar surface area (TPSA) is 64.0 Å². The number of hydrogen-bond acceptors (Lipinski definition) is 3. The molecular weight excluding hydrogens is 369 g/mol. The smallest absolute Gasteiger partial charge is 0.258 e. The van der Waals surface area contributed by atoms with Gasteiger partial charge in [-0.3, -0.25) is 14.6 Å². The van der Waals surface area contributed by atoms with E-state index in [-0.39, 0.29) is 17.9 Å². The average Bonchev–Trinajstić information content (AvgIpc) is 2.73. The van der Waals surface area contributed by atoms with Crippen LogP contribution in [-0.4, -0.2) is 15.5 Å². The van der Waals surface area contributed by atoms with Crippen LogP contribution in [0.25, 0.3) is 10.8 Å². The van der Waals surface area contributed by atoms with E-state index in [1.807, 2.05) is 12.1 Å². The fourth-order valence-corrected chi connectivity index (χ4v) is 3.25. The Hall–Kier alpha value is -3.80. The standard InChI is InChI=1S/C23H18FN3O2/c24-20-8-2-1-6-17(20)13-22(28)26-21-9-3-7-19-18(21)10-12-27(23(19)29)15-16-5-4-11-25-14-16/h1-12,14H,13,15H2,(H,26,28). The zero-order chi connectivity index (χ0) is 20.2. The Morgan fingerprint density at radius 1 is 1.00 bits per heavy atom. The van der Waals surface area contributed by atoms with Gasteiger partial charge >= 0.3 is 0 Å². The van der Waals surface area contributed by atoms with Crippen molar-refractivity contribution in [3.63, 3.8) is 0 Å². The van der Waals surface area contributed by atoms with Gasteiger partial charge in [-0.2, -0.15) is 0 Å². The Kier molecular flexibility index (Phi) is 5.16. The zero-order valence-corrected chi connectivity index (χ0v) is 15.5. The second-order valence-corrected chi connectivity index (χ2v) is 6.69. The van der Waals surface area contributed by atoms with Crippen LogP contribution in [0, 0.1) is 5.82 Å². The second kappa shape index (κ2) is 8.06. The first-order valence-electron chi connectivity index (χ1n) is 9.16. The molecule has 0 unspecified atom stereocenters. The third kappa shape index (κ3) is 4.06. The van der Waals surface area contributed by atoms with Crippen molar-refractivity contribution in [1.82, 2.24) is 9.55 Å².